The molecule has 2 aromatic carbocycles. The Labute approximate surface area is 217 Å². The molecule has 0 saturated heterocycles. The van der Waals surface area contributed by atoms with Crippen LogP contribution < -0.4 is 11.1 Å². The first-order valence-electron chi connectivity index (χ1n) is 12.1. The third-order valence-electron chi connectivity index (χ3n) is 6.54. The molecule has 1 aromatic heterocycles. The van der Waals surface area contributed by atoms with Gasteiger partial charge in [-0.15, -0.1) is 0 Å². The molecule has 0 bridgehead atoms. The molecule has 0 spiro atoms. The molecule has 0 aliphatic heterocycles. The molecule has 6 nitrogen and oxygen atoms in total. The highest BCUT2D eigenvalue weighted by Crippen LogP contribution is 2.34. The summed E-state index contributed by atoms with van der Waals surface area (Å²) >= 11 is 3.28. The number of benzene rings is 2. The lowest BCUT2D eigenvalue weighted by Gasteiger charge is -2.25. The number of halogens is 3. The summed E-state index contributed by atoms with van der Waals surface area (Å²) in [7, 11) is 0. The molecule has 3 atom stereocenters. The van der Waals surface area contributed by atoms with Crippen LogP contribution in [0.3, 0.4) is 0 Å². The number of nitrogens with one attached hydrogen (secondary N) is 1. The number of amides is 1. The van der Waals surface area contributed by atoms with Crippen LogP contribution >= 0.6 is 15.9 Å². The normalized spacial score (nSPS) is 18.6. The van der Waals surface area contributed by atoms with Crippen LogP contribution in [-0.2, 0) is 0 Å². The second kappa shape index (κ2) is 11.4. The smallest absolute Gasteiger partial charge is 0.254 e. The highest BCUT2D eigenvalue weighted by atomic mass is 79.9. The predicted octanol–water partition coefficient (Wildman–Crippen LogP) is 6.06. The number of nitrogens with zero attached hydrogens (tertiary/aromatic N) is 2. The zero-order valence-corrected chi connectivity index (χ0v) is 21.6. The maximum absolute atomic E-state index is 15.1. The number of aliphatic hydroxyl groups is 1. The van der Waals surface area contributed by atoms with Gasteiger partial charge in [-0.05, 0) is 61.6 Å². The van der Waals surface area contributed by atoms with Gasteiger partial charge in [-0.25, -0.2) is 18.7 Å². The third-order valence-corrected chi connectivity index (χ3v) is 7.00. The average Bonchev–Trinajstić information content (AvgIpc) is 2.83. The van der Waals surface area contributed by atoms with E-state index in [0.717, 1.165) is 25.7 Å². The minimum atomic E-state index is -0.722. The number of hydrogen-bond acceptors (Lipinski definition) is 5. The lowest BCUT2D eigenvalue weighted by molar-refractivity contribution is 0.0930. The van der Waals surface area contributed by atoms with Gasteiger partial charge in [-0.2, -0.15) is 0 Å². The van der Waals surface area contributed by atoms with Crippen LogP contribution in [0.5, 0.6) is 0 Å². The first-order valence-corrected chi connectivity index (χ1v) is 12.9. The summed E-state index contributed by atoms with van der Waals surface area (Å²) in [5.41, 5.74) is 7.98. The molecular weight excluding hydrogens is 530 g/mol. The Morgan fingerprint density at radius 1 is 1.25 bits per heavy atom. The van der Waals surface area contributed by atoms with Gasteiger partial charge in [0.2, 0.25) is 0 Å². The zero-order chi connectivity index (χ0) is 25.8. The van der Waals surface area contributed by atoms with Crippen molar-refractivity contribution in [3.05, 3.63) is 75.5 Å². The number of carbonyl (C=O) groups excluding carboxylic acids is 1. The number of rotatable bonds is 7. The number of nitrogen functional groups attached to an aromatic ring is 1. The van der Waals surface area contributed by atoms with Gasteiger partial charge in [0.15, 0.2) is 0 Å². The second-order valence-electron chi connectivity index (χ2n) is 9.26. The minimum absolute atomic E-state index is 0.0638. The molecule has 0 unspecified atom stereocenters. The molecule has 1 saturated carbocycles. The van der Waals surface area contributed by atoms with Crippen molar-refractivity contribution in [2.75, 3.05) is 5.73 Å². The largest absolute Gasteiger partial charge is 0.393 e. The predicted molar refractivity (Wildman–Crippen MR) is 138 cm³/mol. The van der Waals surface area contributed by atoms with E-state index in [4.69, 9.17) is 5.73 Å². The molecule has 1 heterocycles. The van der Waals surface area contributed by atoms with Gasteiger partial charge in [-0.3, -0.25) is 4.79 Å². The van der Waals surface area contributed by atoms with Crippen LogP contribution in [0.4, 0.5) is 14.6 Å². The number of hydrogen-bond donors (Lipinski definition) is 3. The fraction of sp³-hybridized carbons (Fsp3) is 0.370. The monoisotopic (exact) mass is 558 g/mol. The lowest BCUT2D eigenvalue weighted by atomic mass is 9.85. The average molecular weight is 559 g/mol. The summed E-state index contributed by atoms with van der Waals surface area (Å²) < 4.78 is 29.6. The maximum Gasteiger partial charge on any atom is 0.254 e. The quantitative estimate of drug-likeness (QED) is 0.327. The molecular formula is C27H29BrF2N4O2. The minimum Gasteiger partial charge on any atom is -0.393 e. The SMILES string of the molecule is CCC[C@@H](NC(=O)c1ccc(-c2nc([C@H]3CCC[C@@H](O)C3)cnc2N)cc1F)c1cc(F)cc(Br)c1. The Morgan fingerprint density at radius 2 is 2.06 bits per heavy atom. The standard InChI is InChI=1S/C27H29BrF2N4O2/c1-2-4-23(17-9-18(28)13-19(29)10-17)34-27(36)21-8-7-16(12-22(21)30)25-26(31)32-14-24(33-25)15-5-3-6-20(35)11-15/h7-10,12-15,20,23,35H,2-6,11H2,1H3,(H2,31,32)(H,34,36)/t15-,20+,23+/m0/s1. The van der Waals surface area contributed by atoms with Gasteiger partial charge >= 0.3 is 0 Å². The van der Waals surface area contributed by atoms with E-state index in [-0.39, 0.29) is 23.4 Å². The van der Waals surface area contributed by atoms with E-state index in [9.17, 15) is 14.3 Å². The molecule has 3 aromatic rings. The van der Waals surface area contributed by atoms with Crippen LogP contribution in [0.25, 0.3) is 11.3 Å². The van der Waals surface area contributed by atoms with Crippen molar-refractivity contribution < 1.29 is 18.7 Å². The Bertz CT molecular complexity index is 1240. The zero-order valence-electron chi connectivity index (χ0n) is 20.0. The first kappa shape index (κ1) is 26.2. The summed E-state index contributed by atoms with van der Waals surface area (Å²) in [5, 5.41) is 12.8. The van der Waals surface area contributed by atoms with Gasteiger partial charge in [-0.1, -0.05) is 41.8 Å². The van der Waals surface area contributed by atoms with Crippen molar-refractivity contribution in [1.82, 2.24) is 15.3 Å². The van der Waals surface area contributed by atoms with Crippen molar-refractivity contribution in [3.63, 3.8) is 0 Å². The molecule has 1 fully saturated rings. The fourth-order valence-corrected chi connectivity index (χ4v) is 5.21. The Kier molecular flexibility index (Phi) is 8.31. The van der Waals surface area contributed by atoms with Gasteiger partial charge < -0.3 is 16.2 Å². The van der Waals surface area contributed by atoms with Crippen molar-refractivity contribution in [2.24, 2.45) is 0 Å². The van der Waals surface area contributed by atoms with Crippen LogP contribution in [0.2, 0.25) is 0 Å². The van der Waals surface area contributed by atoms with Gasteiger partial charge in [0.05, 0.1) is 29.6 Å². The van der Waals surface area contributed by atoms with Gasteiger partial charge in [0, 0.05) is 16.0 Å². The number of aromatic nitrogens is 2. The van der Waals surface area contributed by atoms with Crippen LogP contribution in [0.1, 0.15) is 79.0 Å². The number of aliphatic hydroxyl groups excluding tert-OH is 1. The van der Waals surface area contributed by atoms with E-state index in [0.29, 0.717) is 39.8 Å². The van der Waals surface area contributed by atoms with Crippen LogP contribution in [-0.4, -0.2) is 27.1 Å². The topological polar surface area (TPSA) is 101 Å². The van der Waals surface area contributed by atoms with E-state index in [1.54, 1.807) is 18.3 Å². The highest BCUT2D eigenvalue weighted by molar-refractivity contribution is 9.10. The molecule has 0 radical (unpaired) electrons. The third kappa shape index (κ3) is 6.07. The first-order chi connectivity index (χ1) is 17.2. The summed E-state index contributed by atoms with van der Waals surface area (Å²) in [6.07, 6.45) is 5.72. The number of anilines is 1. The van der Waals surface area contributed by atoms with E-state index in [1.165, 1.54) is 24.3 Å². The molecule has 36 heavy (non-hydrogen) atoms. The molecule has 1 aliphatic carbocycles. The molecule has 4 rings (SSSR count). The highest BCUT2D eigenvalue weighted by Gasteiger charge is 2.25. The summed E-state index contributed by atoms with van der Waals surface area (Å²) in [5.74, 6) is -1.52. The summed E-state index contributed by atoms with van der Waals surface area (Å²) in [6, 6.07) is 8.18. The lowest BCUT2D eigenvalue weighted by Crippen LogP contribution is -2.29. The van der Waals surface area contributed by atoms with E-state index >= 15 is 4.39 Å². The number of carbonyl (C=O) groups is 1. The van der Waals surface area contributed by atoms with Crippen molar-refractivity contribution in [1.29, 1.82) is 0 Å². The fourth-order valence-electron chi connectivity index (χ4n) is 4.72. The Balaban J connectivity index is 1.57. The molecule has 1 amide bonds. The van der Waals surface area contributed by atoms with Crippen molar-refractivity contribution in [2.45, 2.75) is 63.5 Å². The van der Waals surface area contributed by atoms with E-state index < -0.39 is 23.6 Å². The summed E-state index contributed by atoms with van der Waals surface area (Å²) in [4.78, 5) is 21.9. The van der Waals surface area contributed by atoms with Gasteiger partial charge in [0.1, 0.15) is 23.1 Å². The van der Waals surface area contributed by atoms with E-state index in [2.05, 4.69) is 31.2 Å². The maximum atomic E-state index is 15.1. The van der Waals surface area contributed by atoms with Crippen LogP contribution in [0, 0.1) is 11.6 Å². The van der Waals surface area contributed by atoms with E-state index in [1.807, 2.05) is 6.92 Å². The Morgan fingerprint density at radius 3 is 2.75 bits per heavy atom. The Hall–Kier alpha value is -2.91. The summed E-state index contributed by atoms with van der Waals surface area (Å²) in [6.45, 7) is 1.95. The molecule has 4 N–H and O–H groups in total. The van der Waals surface area contributed by atoms with Gasteiger partial charge in [0.25, 0.3) is 5.91 Å². The second-order valence-corrected chi connectivity index (χ2v) is 10.2. The number of nitrogens with two attached hydrogens (primary N) is 1. The molecule has 1 aliphatic rings. The molecule has 9 heteroatoms. The molecule has 190 valence electrons. The van der Waals surface area contributed by atoms with Crippen molar-refractivity contribution >= 4 is 27.7 Å². The van der Waals surface area contributed by atoms with Crippen molar-refractivity contribution in [3.8, 4) is 11.3 Å². The van der Waals surface area contributed by atoms with Crippen LogP contribution in [0.15, 0.2) is 47.1 Å².